The van der Waals surface area contributed by atoms with E-state index in [1.165, 1.54) is 6.42 Å². The normalized spacial score (nSPS) is 28.6. The Kier molecular flexibility index (Phi) is 11.0. The number of alkyl halides is 1. The highest BCUT2D eigenvalue weighted by molar-refractivity contribution is 5.79. The Labute approximate surface area is 269 Å². The van der Waals surface area contributed by atoms with E-state index in [0.29, 0.717) is 36.8 Å². The van der Waals surface area contributed by atoms with Gasteiger partial charge in [0.05, 0.1) is 26.7 Å². The molecule has 2 saturated carbocycles. The number of aliphatic hydroxyl groups is 1. The fraction of sp³-hybridized carbons (Fsp3) is 0.658. The molecule has 3 unspecified atom stereocenters. The van der Waals surface area contributed by atoms with Crippen molar-refractivity contribution < 1.29 is 28.9 Å². The standard InChI is InChI=1S/C38H54FNO5/c1-5-6-7-9-18-40(35(43)21-25-12-16-32(44-3)33(20-25)45-4)19-10-8-11-26-22-27-23-28(41)13-14-29(27)37-31(39)24-38(2)30(36(26)37)15-17-34(38)42/h12-14,16,20,23,26,30-31,34,36-37,41-42H,5-11,15,17-19,21-22,24H2,1-4H3/t26-,30?,31+,34+,36?,37?,38+/m1/s1. The molecule has 45 heavy (non-hydrogen) atoms. The molecule has 0 heterocycles. The number of hydrogen-bond acceptors (Lipinski definition) is 5. The van der Waals surface area contributed by atoms with E-state index in [4.69, 9.17) is 9.47 Å². The van der Waals surface area contributed by atoms with Crippen molar-refractivity contribution in [2.75, 3.05) is 27.3 Å². The van der Waals surface area contributed by atoms with E-state index in [1.807, 2.05) is 35.2 Å². The zero-order valence-corrected chi connectivity index (χ0v) is 27.8. The van der Waals surface area contributed by atoms with Crippen molar-refractivity contribution in [2.45, 2.75) is 109 Å². The van der Waals surface area contributed by atoms with Crippen LogP contribution in [0.2, 0.25) is 0 Å². The number of ether oxygens (including phenoxy) is 2. The minimum atomic E-state index is -0.997. The first kappa shape index (κ1) is 33.6. The summed E-state index contributed by atoms with van der Waals surface area (Å²) in [6.45, 7) is 5.78. The number of unbranched alkanes of at least 4 members (excludes halogenated alkanes) is 4. The van der Waals surface area contributed by atoms with Gasteiger partial charge in [0, 0.05) is 19.0 Å². The minimum Gasteiger partial charge on any atom is -0.508 e. The van der Waals surface area contributed by atoms with Crippen molar-refractivity contribution >= 4 is 5.91 Å². The molecule has 0 saturated heterocycles. The summed E-state index contributed by atoms with van der Waals surface area (Å²) in [6, 6.07) is 11.2. The quantitative estimate of drug-likeness (QED) is 0.212. The summed E-state index contributed by atoms with van der Waals surface area (Å²) in [5.74, 6) is 2.24. The molecule has 3 aliphatic carbocycles. The van der Waals surface area contributed by atoms with E-state index in [1.54, 1.807) is 20.3 Å². The average molecular weight is 624 g/mol. The number of methoxy groups -OCH3 is 2. The Hall–Kier alpha value is -2.80. The van der Waals surface area contributed by atoms with E-state index < -0.39 is 12.3 Å². The number of halogens is 1. The molecular formula is C38H54FNO5. The molecule has 6 nitrogen and oxygen atoms in total. The maximum Gasteiger partial charge on any atom is 0.226 e. The summed E-state index contributed by atoms with van der Waals surface area (Å²) >= 11 is 0. The molecule has 0 radical (unpaired) electrons. The van der Waals surface area contributed by atoms with Crippen LogP contribution < -0.4 is 9.47 Å². The molecule has 2 N–H and O–H groups in total. The Bertz CT molecular complexity index is 1300. The highest BCUT2D eigenvalue weighted by Gasteiger charge is 2.59. The zero-order chi connectivity index (χ0) is 32.1. The second-order valence-electron chi connectivity index (χ2n) is 14.2. The van der Waals surface area contributed by atoms with Crippen molar-refractivity contribution in [1.82, 2.24) is 4.90 Å². The summed E-state index contributed by atoms with van der Waals surface area (Å²) in [7, 11) is 3.21. The second kappa shape index (κ2) is 14.7. The van der Waals surface area contributed by atoms with Gasteiger partial charge < -0.3 is 24.6 Å². The lowest BCUT2D eigenvalue weighted by molar-refractivity contribution is -0.130. The largest absolute Gasteiger partial charge is 0.508 e. The first-order chi connectivity index (χ1) is 21.7. The molecule has 0 spiro atoms. The highest BCUT2D eigenvalue weighted by atomic mass is 19.1. The molecule has 5 rings (SSSR count). The van der Waals surface area contributed by atoms with Gasteiger partial charge >= 0.3 is 0 Å². The summed E-state index contributed by atoms with van der Waals surface area (Å²) in [6.07, 6.45) is 9.07. The van der Waals surface area contributed by atoms with Gasteiger partial charge in [-0.3, -0.25) is 4.79 Å². The maximum atomic E-state index is 16.1. The van der Waals surface area contributed by atoms with E-state index in [9.17, 15) is 15.0 Å². The first-order valence-electron chi connectivity index (χ1n) is 17.3. The average Bonchev–Trinajstić information content (AvgIpc) is 3.32. The van der Waals surface area contributed by atoms with Crippen LogP contribution >= 0.6 is 0 Å². The van der Waals surface area contributed by atoms with Gasteiger partial charge in [-0.05, 0) is 109 Å². The first-order valence-corrected chi connectivity index (χ1v) is 17.3. The number of aliphatic hydroxyl groups excluding tert-OH is 1. The van der Waals surface area contributed by atoms with E-state index in [2.05, 4.69) is 13.8 Å². The van der Waals surface area contributed by atoms with Crippen molar-refractivity contribution in [3.05, 3.63) is 53.1 Å². The molecule has 0 aromatic heterocycles. The van der Waals surface area contributed by atoms with E-state index >= 15 is 4.39 Å². The van der Waals surface area contributed by atoms with Crippen molar-refractivity contribution in [3.63, 3.8) is 0 Å². The number of hydrogen-bond donors (Lipinski definition) is 2. The van der Waals surface area contributed by atoms with Crippen LogP contribution in [0.5, 0.6) is 17.2 Å². The summed E-state index contributed by atoms with van der Waals surface area (Å²) in [5, 5.41) is 21.2. The lowest BCUT2D eigenvalue weighted by Gasteiger charge is -2.54. The summed E-state index contributed by atoms with van der Waals surface area (Å²) in [5.41, 5.74) is 2.67. The van der Waals surface area contributed by atoms with Crippen LogP contribution in [0.4, 0.5) is 4.39 Å². The summed E-state index contributed by atoms with van der Waals surface area (Å²) in [4.78, 5) is 15.6. The molecule has 248 valence electrons. The molecule has 2 fully saturated rings. The highest BCUT2D eigenvalue weighted by Crippen LogP contribution is 2.63. The number of phenolic OH excluding ortho intramolecular Hbond substituents is 1. The summed E-state index contributed by atoms with van der Waals surface area (Å²) < 4.78 is 26.9. The van der Waals surface area contributed by atoms with Crippen LogP contribution in [0, 0.1) is 23.2 Å². The van der Waals surface area contributed by atoms with Crippen molar-refractivity contribution in [1.29, 1.82) is 0 Å². The topological polar surface area (TPSA) is 79.2 Å². The Morgan fingerprint density at radius 2 is 1.76 bits per heavy atom. The smallest absolute Gasteiger partial charge is 0.226 e. The fourth-order valence-electron chi connectivity index (χ4n) is 9.11. The Morgan fingerprint density at radius 1 is 1.00 bits per heavy atom. The molecule has 3 aliphatic rings. The van der Waals surface area contributed by atoms with Gasteiger partial charge in [-0.1, -0.05) is 51.7 Å². The lowest BCUT2D eigenvalue weighted by Crippen LogP contribution is -2.51. The van der Waals surface area contributed by atoms with Gasteiger partial charge in [0.1, 0.15) is 11.9 Å². The van der Waals surface area contributed by atoms with E-state index in [0.717, 1.165) is 81.0 Å². The molecule has 7 heteroatoms. The molecule has 2 aromatic rings. The van der Waals surface area contributed by atoms with Crippen molar-refractivity contribution in [2.24, 2.45) is 23.2 Å². The third kappa shape index (κ3) is 7.13. The molecule has 1 amide bonds. The predicted octanol–water partition coefficient (Wildman–Crippen LogP) is 7.62. The van der Waals surface area contributed by atoms with Crippen LogP contribution in [0.25, 0.3) is 0 Å². The molecular weight excluding hydrogens is 569 g/mol. The van der Waals surface area contributed by atoms with Gasteiger partial charge in [0.15, 0.2) is 11.5 Å². The number of aromatic hydroxyl groups is 1. The van der Waals surface area contributed by atoms with E-state index in [-0.39, 0.29) is 34.8 Å². The van der Waals surface area contributed by atoms with Gasteiger partial charge in [-0.2, -0.15) is 0 Å². The van der Waals surface area contributed by atoms with Crippen molar-refractivity contribution in [3.8, 4) is 17.2 Å². The van der Waals surface area contributed by atoms with Crippen LogP contribution in [0.15, 0.2) is 36.4 Å². The number of benzene rings is 2. The second-order valence-corrected chi connectivity index (χ2v) is 14.2. The molecule has 0 bridgehead atoms. The Morgan fingerprint density at radius 3 is 2.49 bits per heavy atom. The number of carbonyl (C=O) groups is 1. The number of phenols is 1. The van der Waals surface area contributed by atoms with Crippen LogP contribution in [0.1, 0.15) is 101 Å². The number of amides is 1. The molecule has 7 atom stereocenters. The zero-order valence-electron chi connectivity index (χ0n) is 27.8. The van der Waals surface area contributed by atoms with Gasteiger partial charge in [0.2, 0.25) is 5.91 Å². The van der Waals surface area contributed by atoms with Gasteiger partial charge in [-0.15, -0.1) is 0 Å². The third-order valence-corrected chi connectivity index (χ3v) is 11.5. The molecule has 0 aliphatic heterocycles. The monoisotopic (exact) mass is 623 g/mol. The van der Waals surface area contributed by atoms with Gasteiger partial charge in [0.25, 0.3) is 0 Å². The number of nitrogens with zero attached hydrogens (tertiary/aromatic N) is 1. The molecule has 2 aromatic carbocycles. The van der Waals surface area contributed by atoms with Crippen LogP contribution in [0.3, 0.4) is 0 Å². The SMILES string of the molecule is CCCCCCN(CCCC[C@@H]1Cc2cc(O)ccc2C2C1C1CC[C@H](O)[C@@]1(C)C[C@@H]2F)C(=O)Cc1ccc(OC)c(OC)c1. The predicted molar refractivity (Wildman–Crippen MR) is 176 cm³/mol. The van der Waals surface area contributed by atoms with Gasteiger partial charge in [-0.25, -0.2) is 4.39 Å². The maximum absolute atomic E-state index is 16.1. The lowest BCUT2D eigenvalue weighted by atomic mass is 9.51. The number of fused-ring (bicyclic) bond motifs is 5. The minimum absolute atomic E-state index is 0.129. The van der Waals surface area contributed by atoms with Crippen LogP contribution in [-0.2, 0) is 17.6 Å². The number of carbonyl (C=O) groups excluding carboxylic acids is 1. The fourth-order valence-corrected chi connectivity index (χ4v) is 9.11. The van der Waals surface area contributed by atoms with Crippen LogP contribution in [-0.4, -0.2) is 60.6 Å². The third-order valence-electron chi connectivity index (χ3n) is 11.5. The Balaban J connectivity index is 1.27. The number of rotatable bonds is 14.